The molecule has 2 aromatic heterocycles. The molecule has 0 spiro atoms. The second-order valence-corrected chi connectivity index (χ2v) is 3.76. The largest absolute Gasteiger partial charge is 0.494 e. The molecule has 10 nitrogen and oxygen atoms in total. The van der Waals surface area contributed by atoms with Crippen LogP contribution in [0.2, 0.25) is 0 Å². The van der Waals surface area contributed by atoms with Gasteiger partial charge in [0.2, 0.25) is 5.88 Å². The lowest BCUT2D eigenvalue weighted by Gasteiger charge is -2.00. The topological polar surface area (TPSA) is 156 Å². The van der Waals surface area contributed by atoms with Gasteiger partial charge in [-0.1, -0.05) is 0 Å². The van der Waals surface area contributed by atoms with Crippen molar-refractivity contribution >= 4 is 12.0 Å². The van der Waals surface area contributed by atoms with Gasteiger partial charge < -0.3 is 10.1 Å². The molecule has 20 heavy (non-hydrogen) atoms. The summed E-state index contributed by atoms with van der Waals surface area (Å²) in [5.74, 6) is -0.0536. The first-order valence-corrected chi connectivity index (χ1v) is 5.38. The van der Waals surface area contributed by atoms with Gasteiger partial charge in [-0.3, -0.25) is 25.0 Å². The van der Waals surface area contributed by atoms with Crippen LogP contribution in [0.4, 0.5) is 5.82 Å². The molecule has 104 valence electrons. The van der Waals surface area contributed by atoms with Gasteiger partial charge in [-0.2, -0.15) is 5.10 Å². The van der Waals surface area contributed by atoms with E-state index in [1.54, 1.807) is 6.92 Å². The Bertz CT molecular complexity index is 831. The Kier molecular flexibility index (Phi) is 3.46. The summed E-state index contributed by atoms with van der Waals surface area (Å²) >= 11 is 0. The van der Waals surface area contributed by atoms with Crippen LogP contribution >= 0.6 is 0 Å². The summed E-state index contributed by atoms with van der Waals surface area (Å²) in [6.45, 7) is 1.59. The average molecular weight is 278 g/mol. The molecule has 0 radical (unpaired) electrons. The van der Waals surface area contributed by atoms with E-state index >= 15 is 0 Å². The third kappa shape index (κ3) is 2.98. The Morgan fingerprint density at radius 3 is 2.70 bits per heavy atom. The van der Waals surface area contributed by atoms with Crippen LogP contribution in [-0.4, -0.2) is 31.3 Å². The van der Waals surface area contributed by atoms with Gasteiger partial charge in [0, 0.05) is 6.07 Å². The van der Waals surface area contributed by atoms with E-state index in [-0.39, 0.29) is 16.9 Å². The fraction of sp³-hybridized carbons (Fsp3) is 0.100. The van der Waals surface area contributed by atoms with Gasteiger partial charge in [0.1, 0.15) is 11.4 Å². The van der Waals surface area contributed by atoms with Gasteiger partial charge in [0.15, 0.2) is 5.82 Å². The molecule has 2 aromatic rings. The van der Waals surface area contributed by atoms with E-state index in [2.05, 4.69) is 20.5 Å². The lowest BCUT2D eigenvalue weighted by Crippen LogP contribution is -2.25. The molecule has 10 heteroatoms. The van der Waals surface area contributed by atoms with Crippen LogP contribution in [0.5, 0.6) is 5.88 Å². The summed E-state index contributed by atoms with van der Waals surface area (Å²) in [5.41, 5.74) is 0.199. The van der Waals surface area contributed by atoms with Crippen molar-refractivity contribution in [1.82, 2.24) is 19.9 Å². The molecule has 0 bridgehead atoms. The highest BCUT2D eigenvalue weighted by Gasteiger charge is 2.05. The van der Waals surface area contributed by atoms with E-state index in [4.69, 9.17) is 0 Å². The predicted octanol–water partition coefficient (Wildman–Crippen LogP) is -1.39. The van der Waals surface area contributed by atoms with E-state index in [9.17, 15) is 19.5 Å². The first kappa shape index (κ1) is 13.3. The number of aromatic nitrogens is 4. The van der Waals surface area contributed by atoms with E-state index in [1.807, 2.05) is 9.97 Å². The zero-order valence-corrected chi connectivity index (χ0v) is 10.2. The van der Waals surface area contributed by atoms with Crippen molar-refractivity contribution in [2.45, 2.75) is 6.92 Å². The maximum atomic E-state index is 11.4. The molecule has 0 aliphatic heterocycles. The number of nitrogens with zero attached hydrogens (tertiary/aromatic N) is 2. The highest BCUT2D eigenvalue weighted by molar-refractivity contribution is 5.82. The van der Waals surface area contributed by atoms with Crippen molar-refractivity contribution in [1.29, 1.82) is 0 Å². The molecular weight excluding hydrogens is 268 g/mol. The van der Waals surface area contributed by atoms with Crippen LogP contribution in [0.25, 0.3) is 0 Å². The second-order valence-electron chi connectivity index (χ2n) is 3.76. The number of rotatable bonds is 3. The first-order chi connectivity index (χ1) is 9.45. The maximum absolute atomic E-state index is 11.4. The van der Waals surface area contributed by atoms with E-state index < -0.39 is 17.1 Å². The number of hydrogen-bond acceptors (Lipinski definition) is 7. The lowest BCUT2D eigenvalue weighted by atomic mass is 10.3. The smallest absolute Gasteiger partial charge is 0.328 e. The summed E-state index contributed by atoms with van der Waals surface area (Å²) in [4.78, 5) is 43.7. The molecule has 0 unspecified atom stereocenters. The molecule has 0 amide bonds. The highest BCUT2D eigenvalue weighted by atomic mass is 16.3. The van der Waals surface area contributed by atoms with Crippen molar-refractivity contribution in [3.8, 4) is 5.88 Å². The van der Waals surface area contributed by atoms with Crippen LogP contribution < -0.4 is 22.2 Å². The number of aryl methyl sites for hydroxylation is 1. The standard InChI is InChI=1S/C10H10N6O4/c1-4-12-6(2-7(17)13-4)16-11-3-5-8(18)14-10(20)15-9(5)19/h2-3H,1H3,(H2,12,13,16,17)(H3,14,15,18,19,20). The SMILES string of the molecule is Cc1nc(NN=Cc2c(O)[nH]c(=O)[nH]c2=O)cc(=O)[nH]1. The van der Waals surface area contributed by atoms with Crippen molar-refractivity contribution in [3.63, 3.8) is 0 Å². The molecule has 0 aromatic carbocycles. The van der Waals surface area contributed by atoms with E-state index in [1.165, 1.54) is 6.07 Å². The molecule has 0 aliphatic rings. The number of hydrogen-bond donors (Lipinski definition) is 5. The third-order valence-corrected chi connectivity index (χ3v) is 2.19. The fourth-order valence-corrected chi connectivity index (χ4v) is 1.40. The molecule has 2 rings (SSSR count). The zero-order chi connectivity index (χ0) is 14.7. The second kappa shape index (κ2) is 5.22. The zero-order valence-electron chi connectivity index (χ0n) is 10.2. The lowest BCUT2D eigenvalue weighted by molar-refractivity contribution is 0.447. The van der Waals surface area contributed by atoms with Crippen molar-refractivity contribution in [2.75, 3.05) is 5.43 Å². The summed E-state index contributed by atoms with van der Waals surface area (Å²) < 4.78 is 0. The number of nitrogens with one attached hydrogen (secondary N) is 4. The Labute approximate surface area is 110 Å². The molecule has 0 aliphatic carbocycles. The minimum atomic E-state index is -0.829. The third-order valence-electron chi connectivity index (χ3n) is 2.19. The minimum Gasteiger partial charge on any atom is -0.494 e. The number of H-pyrrole nitrogens is 3. The monoisotopic (exact) mass is 278 g/mol. The van der Waals surface area contributed by atoms with Gasteiger partial charge in [-0.15, -0.1) is 0 Å². The number of hydrazone groups is 1. The Morgan fingerprint density at radius 1 is 1.30 bits per heavy atom. The van der Waals surface area contributed by atoms with Gasteiger partial charge in [0.25, 0.3) is 11.1 Å². The van der Waals surface area contributed by atoms with E-state index in [0.29, 0.717) is 5.82 Å². The fourth-order valence-electron chi connectivity index (χ4n) is 1.40. The summed E-state index contributed by atoms with van der Waals surface area (Å²) in [7, 11) is 0. The van der Waals surface area contributed by atoms with Crippen molar-refractivity contribution in [3.05, 3.63) is 48.6 Å². The molecule has 0 saturated heterocycles. The van der Waals surface area contributed by atoms with Crippen LogP contribution in [0.3, 0.4) is 0 Å². The Balaban J connectivity index is 2.25. The highest BCUT2D eigenvalue weighted by Crippen LogP contribution is 2.02. The molecular formula is C10H10N6O4. The molecule has 5 N–H and O–H groups in total. The first-order valence-electron chi connectivity index (χ1n) is 5.38. The van der Waals surface area contributed by atoms with Crippen molar-refractivity contribution < 1.29 is 5.11 Å². The summed E-state index contributed by atoms with van der Waals surface area (Å²) in [6, 6.07) is 1.17. The minimum absolute atomic E-state index is 0.169. The maximum Gasteiger partial charge on any atom is 0.328 e. The van der Waals surface area contributed by atoms with Gasteiger partial charge in [0.05, 0.1) is 6.21 Å². The quantitative estimate of drug-likeness (QED) is 0.343. The van der Waals surface area contributed by atoms with Crippen LogP contribution in [0.1, 0.15) is 11.4 Å². The van der Waals surface area contributed by atoms with Gasteiger partial charge >= 0.3 is 5.69 Å². The number of anilines is 1. The van der Waals surface area contributed by atoms with Crippen LogP contribution in [0.15, 0.2) is 25.6 Å². The van der Waals surface area contributed by atoms with Gasteiger partial charge in [-0.25, -0.2) is 9.78 Å². The molecule has 2 heterocycles. The predicted molar refractivity (Wildman–Crippen MR) is 70.2 cm³/mol. The van der Waals surface area contributed by atoms with Gasteiger partial charge in [-0.05, 0) is 6.92 Å². The van der Waals surface area contributed by atoms with E-state index in [0.717, 1.165) is 6.21 Å². The van der Waals surface area contributed by atoms with Crippen LogP contribution in [-0.2, 0) is 0 Å². The van der Waals surface area contributed by atoms with Crippen LogP contribution in [0, 0.1) is 6.92 Å². The molecule has 0 atom stereocenters. The average Bonchev–Trinajstić information content (AvgIpc) is 2.31. The van der Waals surface area contributed by atoms with Crippen molar-refractivity contribution in [2.24, 2.45) is 5.10 Å². The normalized spacial score (nSPS) is 10.8. The summed E-state index contributed by atoms with van der Waals surface area (Å²) in [6.07, 6.45) is 0.988. The number of aromatic amines is 3. The molecule has 0 saturated carbocycles. The Morgan fingerprint density at radius 2 is 2.05 bits per heavy atom. The summed E-state index contributed by atoms with van der Waals surface area (Å²) in [5, 5.41) is 13.0. The number of aromatic hydroxyl groups is 1. The Hall–Kier alpha value is -3.17. The molecule has 0 fully saturated rings.